The van der Waals surface area contributed by atoms with Gasteiger partial charge in [-0.25, -0.2) is 0 Å². The van der Waals surface area contributed by atoms with Crippen LogP contribution in [0.5, 0.6) is 0 Å². The summed E-state index contributed by atoms with van der Waals surface area (Å²) < 4.78 is 0. The van der Waals surface area contributed by atoms with Crippen LogP contribution < -0.4 is 5.32 Å². The lowest BCUT2D eigenvalue weighted by Gasteiger charge is -2.05. The Bertz CT molecular complexity index is 404. The summed E-state index contributed by atoms with van der Waals surface area (Å²) >= 11 is 0. The second-order valence-corrected chi connectivity index (χ2v) is 5.31. The second-order valence-electron chi connectivity index (χ2n) is 5.31. The molecule has 20 heavy (non-hydrogen) atoms. The van der Waals surface area contributed by atoms with E-state index < -0.39 is 0 Å². The molecule has 2 aromatic carbocycles. The van der Waals surface area contributed by atoms with Gasteiger partial charge in [-0.2, -0.15) is 0 Å². The van der Waals surface area contributed by atoms with Crippen LogP contribution in [0.3, 0.4) is 0 Å². The van der Waals surface area contributed by atoms with E-state index >= 15 is 0 Å². The van der Waals surface area contributed by atoms with Crippen LogP contribution in [-0.2, 0) is 13.0 Å². The van der Waals surface area contributed by atoms with Gasteiger partial charge in [0.1, 0.15) is 0 Å². The summed E-state index contributed by atoms with van der Waals surface area (Å²) in [5.74, 6) is 0. The third kappa shape index (κ3) is 6.03. The normalized spacial score (nSPS) is 10.6. The van der Waals surface area contributed by atoms with E-state index in [0.717, 1.165) is 13.1 Å². The minimum absolute atomic E-state index is 0.991. The average Bonchev–Trinajstić information content (AvgIpc) is 2.52. The fourth-order valence-electron chi connectivity index (χ4n) is 2.41. The highest BCUT2D eigenvalue weighted by Crippen LogP contribution is 2.07. The molecule has 0 spiro atoms. The molecule has 0 bridgehead atoms. The minimum Gasteiger partial charge on any atom is -0.313 e. The first-order chi connectivity index (χ1) is 9.95. The van der Waals surface area contributed by atoms with Gasteiger partial charge in [0.05, 0.1) is 0 Å². The fourth-order valence-corrected chi connectivity index (χ4v) is 2.41. The summed E-state index contributed by atoms with van der Waals surface area (Å²) in [6.07, 6.45) is 6.47. The zero-order valence-corrected chi connectivity index (χ0v) is 12.2. The van der Waals surface area contributed by atoms with Crippen LogP contribution in [0.25, 0.3) is 0 Å². The van der Waals surface area contributed by atoms with E-state index in [1.165, 1.54) is 43.2 Å². The lowest BCUT2D eigenvalue weighted by Crippen LogP contribution is -2.14. The molecule has 0 aromatic heterocycles. The van der Waals surface area contributed by atoms with Gasteiger partial charge in [-0.15, -0.1) is 0 Å². The molecule has 0 unspecified atom stereocenters. The van der Waals surface area contributed by atoms with Crippen LogP contribution in [0.1, 0.15) is 36.8 Å². The molecule has 0 atom stereocenters. The van der Waals surface area contributed by atoms with E-state index in [4.69, 9.17) is 0 Å². The van der Waals surface area contributed by atoms with Crippen LogP contribution in [0, 0.1) is 0 Å². The van der Waals surface area contributed by atoms with Crippen LogP contribution in [0.2, 0.25) is 0 Å². The van der Waals surface area contributed by atoms with Crippen molar-refractivity contribution < 1.29 is 0 Å². The summed E-state index contributed by atoms with van der Waals surface area (Å²) in [6, 6.07) is 21.4. The zero-order valence-electron chi connectivity index (χ0n) is 12.2. The monoisotopic (exact) mass is 267 g/mol. The molecule has 0 fully saturated rings. The Morgan fingerprint density at radius 1 is 0.600 bits per heavy atom. The van der Waals surface area contributed by atoms with Crippen molar-refractivity contribution in [3.8, 4) is 0 Å². The van der Waals surface area contributed by atoms with Crippen LogP contribution >= 0.6 is 0 Å². The Morgan fingerprint density at radius 3 is 1.90 bits per heavy atom. The molecular weight excluding hydrogens is 242 g/mol. The van der Waals surface area contributed by atoms with E-state index in [1.807, 2.05) is 0 Å². The molecule has 0 saturated carbocycles. The van der Waals surface area contributed by atoms with Crippen molar-refractivity contribution in [3.05, 3.63) is 71.8 Å². The molecule has 0 aliphatic carbocycles. The van der Waals surface area contributed by atoms with Crippen molar-refractivity contribution in [2.75, 3.05) is 6.54 Å². The van der Waals surface area contributed by atoms with Crippen LogP contribution in [0.4, 0.5) is 0 Å². The van der Waals surface area contributed by atoms with Crippen molar-refractivity contribution >= 4 is 0 Å². The number of rotatable bonds is 9. The maximum absolute atomic E-state index is 3.51. The zero-order chi connectivity index (χ0) is 13.9. The third-order valence-electron chi connectivity index (χ3n) is 3.58. The maximum atomic E-state index is 3.51. The molecule has 1 nitrogen and oxygen atoms in total. The molecule has 2 rings (SSSR count). The Hall–Kier alpha value is -1.60. The number of unbranched alkanes of at least 4 members (excludes halogenated alkanes) is 3. The summed E-state index contributed by atoms with van der Waals surface area (Å²) in [5, 5.41) is 3.51. The van der Waals surface area contributed by atoms with Gasteiger partial charge in [0, 0.05) is 6.54 Å². The van der Waals surface area contributed by atoms with Gasteiger partial charge in [-0.1, -0.05) is 73.5 Å². The van der Waals surface area contributed by atoms with E-state index in [9.17, 15) is 0 Å². The lowest BCUT2D eigenvalue weighted by molar-refractivity contribution is 0.587. The first kappa shape index (κ1) is 14.8. The first-order valence-corrected chi connectivity index (χ1v) is 7.74. The Labute approximate surface area is 123 Å². The van der Waals surface area contributed by atoms with Gasteiger partial charge in [0.2, 0.25) is 0 Å². The SMILES string of the molecule is c1ccc(CCCCCCNCc2ccccc2)cc1. The van der Waals surface area contributed by atoms with E-state index in [-0.39, 0.29) is 0 Å². The molecule has 1 heteroatoms. The predicted molar refractivity (Wildman–Crippen MR) is 86.8 cm³/mol. The molecule has 0 saturated heterocycles. The van der Waals surface area contributed by atoms with Crippen LogP contribution in [0.15, 0.2) is 60.7 Å². The molecular formula is C19H25N. The van der Waals surface area contributed by atoms with Crippen molar-refractivity contribution in [2.45, 2.75) is 38.6 Å². The highest BCUT2D eigenvalue weighted by molar-refractivity contribution is 5.15. The number of hydrogen-bond donors (Lipinski definition) is 1. The van der Waals surface area contributed by atoms with Gasteiger partial charge >= 0.3 is 0 Å². The number of hydrogen-bond acceptors (Lipinski definition) is 1. The Kier molecular flexibility index (Phi) is 6.90. The van der Waals surface area contributed by atoms with E-state index in [1.54, 1.807) is 0 Å². The molecule has 0 radical (unpaired) electrons. The number of aryl methyl sites for hydroxylation is 1. The third-order valence-corrected chi connectivity index (χ3v) is 3.58. The summed E-state index contributed by atoms with van der Waals surface area (Å²) in [7, 11) is 0. The van der Waals surface area contributed by atoms with Gasteiger partial charge < -0.3 is 5.32 Å². The summed E-state index contributed by atoms with van der Waals surface area (Å²) in [6.45, 7) is 2.12. The molecule has 2 aromatic rings. The molecule has 1 N–H and O–H groups in total. The summed E-state index contributed by atoms with van der Waals surface area (Å²) in [4.78, 5) is 0. The highest BCUT2D eigenvalue weighted by Gasteiger charge is 1.94. The fraction of sp³-hybridized carbons (Fsp3) is 0.368. The molecule has 0 amide bonds. The highest BCUT2D eigenvalue weighted by atomic mass is 14.8. The minimum atomic E-state index is 0.991. The molecule has 0 aliphatic heterocycles. The number of benzene rings is 2. The quantitative estimate of drug-likeness (QED) is 0.656. The van der Waals surface area contributed by atoms with Gasteiger partial charge in [-0.05, 0) is 36.9 Å². The lowest BCUT2D eigenvalue weighted by atomic mass is 10.1. The van der Waals surface area contributed by atoms with Gasteiger partial charge in [0.15, 0.2) is 0 Å². The van der Waals surface area contributed by atoms with Crippen molar-refractivity contribution in [1.82, 2.24) is 5.32 Å². The van der Waals surface area contributed by atoms with Crippen molar-refractivity contribution in [1.29, 1.82) is 0 Å². The van der Waals surface area contributed by atoms with E-state index in [0.29, 0.717) is 0 Å². The summed E-state index contributed by atoms with van der Waals surface area (Å²) in [5.41, 5.74) is 2.84. The van der Waals surface area contributed by atoms with Crippen LogP contribution in [-0.4, -0.2) is 6.54 Å². The molecule has 106 valence electrons. The molecule has 0 heterocycles. The second kappa shape index (κ2) is 9.33. The standard InChI is InChI=1S/C19H25N/c1(5-11-18-12-6-3-7-13-18)2-10-16-20-17-19-14-8-4-9-15-19/h3-4,6-9,12-15,20H,1-2,5,10-11,16-17H2. The number of nitrogens with one attached hydrogen (secondary N) is 1. The Balaban J connectivity index is 1.44. The van der Waals surface area contributed by atoms with Crippen molar-refractivity contribution in [2.24, 2.45) is 0 Å². The van der Waals surface area contributed by atoms with E-state index in [2.05, 4.69) is 66.0 Å². The maximum Gasteiger partial charge on any atom is 0.0205 e. The van der Waals surface area contributed by atoms with Gasteiger partial charge in [-0.3, -0.25) is 0 Å². The smallest absolute Gasteiger partial charge is 0.0205 e. The van der Waals surface area contributed by atoms with Crippen molar-refractivity contribution in [3.63, 3.8) is 0 Å². The van der Waals surface area contributed by atoms with Gasteiger partial charge in [0.25, 0.3) is 0 Å². The first-order valence-electron chi connectivity index (χ1n) is 7.74. The largest absolute Gasteiger partial charge is 0.313 e. The Morgan fingerprint density at radius 2 is 1.20 bits per heavy atom. The topological polar surface area (TPSA) is 12.0 Å². The average molecular weight is 267 g/mol. The predicted octanol–water partition coefficient (Wildman–Crippen LogP) is 4.58. The molecule has 0 aliphatic rings.